The molecule has 0 unspecified atom stereocenters. The minimum atomic E-state index is -0.461. The number of rotatable bonds is 4. The summed E-state index contributed by atoms with van der Waals surface area (Å²) in [6.45, 7) is 4.33. The Bertz CT molecular complexity index is 965. The Kier molecular flexibility index (Phi) is 5.43. The van der Waals surface area contributed by atoms with Gasteiger partial charge in [0, 0.05) is 11.8 Å². The molecule has 0 radical (unpaired) electrons. The molecule has 6 heteroatoms. The summed E-state index contributed by atoms with van der Waals surface area (Å²) in [7, 11) is 0. The lowest BCUT2D eigenvalue weighted by Crippen LogP contribution is -2.17. The van der Waals surface area contributed by atoms with Crippen LogP contribution < -0.4 is 15.4 Å². The van der Waals surface area contributed by atoms with Crippen LogP contribution in [0.1, 0.15) is 12.5 Å². The van der Waals surface area contributed by atoms with Crippen LogP contribution >= 0.6 is 0 Å². The van der Waals surface area contributed by atoms with E-state index in [2.05, 4.69) is 15.4 Å². The summed E-state index contributed by atoms with van der Waals surface area (Å²) in [6.07, 6.45) is 1.53. The summed E-state index contributed by atoms with van der Waals surface area (Å²) < 4.78 is 7.32. The molecule has 0 aliphatic heterocycles. The molecular formula is C20H20N4O2. The van der Waals surface area contributed by atoms with E-state index in [1.807, 2.05) is 68.4 Å². The van der Waals surface area contributed by atoms with E-state index in [0.717, 1.165) is 11.3 Å². The number of aromatic nitrogens is 2. The third kappa shape index (κ3) is 4.36. The fraction of sp³-hybridized carbons (Fsp3) is 0.150. The van der Waals surface area contributed by atoms with Crippen molar-refractivity contribution in [1.29, 1.82) is 0 Å². The number of hydrogen-bond donors (Lipinski definition) is 1. The first-order chi connectivity index (χ1) is 12.7. The van der Waals surface area contributed by atoms with Gasteiger partial charge < -0.3 is 10.1 Å². The molecule has 0 atom stereocenters. The first-order valence-electron chi connectivity index (χ1n) is 8.35. The number of nitrogens with one attached hydrogen (secondary N) is 1. The van der Waals surface area contributed by atoms with Crippen LogP contribution in [0.25, 0.3) is 5.69 Å². The van der Waals surface area contributed by atoms with Gasteiger partial charge in [0.1, 0.15) is 0 Å². The van der Waals surface area contributed by atoms with Crippen molar-refractivity contribution in [2.24, 2.45) is 4.99 Å². The maximum Gasteiger partial charge on any atom is 0.345 e. The molecule has 1 N–H and O–H groups in total. The van der Waals surface area contributed by atoms with Crippen molar-refractivity contribution in [2.45, 2.75) is 13.8 Å². The Morgan fingerprint density at radius 3 is 2.69 bits per heavy atom. The highest BCUT2D eigenvalue weighted by Gasteiger charge is 2.06. The Morgan fingerprint density at radius 1 is 1.15 bits per heavy atom. The van der Waals surface area contributed by atoms with Crippen molar-refractivity contribution in [3.05, 3.63) is 77.8 Å². The quantitative estimate of drug-likeness (QED) is 0.781. The van der Waals surface area contributed by atoms with Crippen LogP contribution in [0.4, 0.5) is 10.5 Å². The molecule has 26 heavy (non-hydrogen) atoms. The highest BCUT2D eigenvalue weighted by atomic mass is 16.5. The van der Waals surface area contributed by atoms with Gasteiger partial charge in [-0.25, -0.2) is 9.48 Å². The van der Waals surface area contributed by atoms with Gasteiger partial charge in [-0.2, -0.15) is 10.1 Å². The van der Waals surface area contributed by atoms with Gasteiger partial charge in [0.15, 0.2) is 0 Å². The first kappa shape index (κ1) is 17.4. The predicted molar refractivity (Wildman–Crippen MR) is 100 cm³/mol. The van der Waals surface area contributed by atoms with E-state index in [-0.39, 0.29) is 0 Å². The van der Waals surface area contributed by atoms with Gasteiger partial charge in [0.25, 0.3) is 0 Å². The van der Waals surface area contributed by atoms with Crippen LogP contribution in [0.15, 0.2) is 71.9 Å². The molecule has 3 aromatic rings. The topological polar surface area (TPSA) is 68.5 Å². The third-order valence-corrected chi connectivity index (χ3v) is 3.58. The van der Waals surface area contributed by atoms with E-state index in [1.165, 1.54) is 6.20 Å². The molecule has 0 fully saturated rings. The van der Waals surface area contributed by atoms with E-state index in [1.54, 1.807) is 10.7 Å². The fourth-order valence-electron chi connectivity index (χ4n) is 2.47. The molecule has 0 bridgehead atoms. The van der Waals surface area contributed by atoms with E-state index < -0.39 is 6.03 Å². The van der Waals surface area contributed by atoms with Crippen molar-refractivity contribution in [1.82, 2.24) is 9.78 Å². The average molecular weight is 348 g/mol. The Labute approximate surface area is 151 Å². The monoisotopic (exact) mass is 348 g/mol. The summed E-state index contributed by atoms with van der Waals surface area (Å²) in [4.78, 5) is 16.2. The molecule has 0 aliphatic rings. The second kappa shape index (κ2) is 8.11. The van der Waals surface area contributed by atoms with Gasteiger partial charge in [-0.05, 0) is 43.7 Å². The number of benzene rings is 2. The van der Waals surface area contributed by atoms with Crippen molar-refractivity contribution in [3.63, 3.8) is 0 Å². The zero-order valence-electron chi connectivity index (χ0n) is 14.7. The molecule has 1 aromatic heterocycles. The number of urea groups is 1. The van der Waals surface area contributed by atoms with Crippen LogP contribution in [-0.2, 0) is 0 Å². The predicted octanol–water partition coefficient (Wildman–Crippen LogP) is 3.71. The van der Waals surface area contributed by atoms with Crippen molar-refractivity contribution >= 4 is 11.7 Å². The summed E-state index contributed by atoms with van der Waals surface area (Å²) >= 11 is 0. The zero-order valence-corrected chi connectivity index (χ0v) is 14.7. The molecule has 2 aromatic carbocycles. The van der Waals surface area contributed by atoms with E-state index >= 15 is 0 Å². The molecule has 2 amide bonds. The van der Waals surface area contributed by atoms with Gasteiger partial charge in [-0.15, -0.1) is 0 Å². The molecule has 132 valence electrons. The molecule has 0 saturated heterocycles. The number of amides is 2. The van der Waals surface area contributed by atoms with Crippen LogP contribution in [0.5, 0.6) is 5.88 Å². The molecular weight excluding hydrogens is 328 g/mol. The van der Waals surface area contributed by atoms with Crippen molar-refractivity contribution in [3.8, 4) is 11.6 Å². The highest BCUT2D eigenvalue weighted by molar-refractivity contribution is 5.90. The lowest BCUT2D eigenvalue weighted by molar-refractivity contribution is 0.259. The maximum atomic E-state index is 12.2. The maximum absolute atomic E-state index is 12.2. The summed E-state index contributed by atoms with van der Waals surface area (Å²) in [6, 6.07) is 18.4. The summed E-state index contributed by atoms with van der Waals surface area (Å²) in [5, 5.41) is 7.53. The molecule has 1 heterocycles. The standard InChI is InChI=1S/C20H20N4O2/c1-3-26-19-13-17(14-21-24(19)18-10-5-4-6-11-18)23-20(25)22-16-9-7-8-15(2)12-16/h4-14H,3H2,1-2H3,(H,22,25). The minimum absolute atomic E-state index is 0.422. The van der Waals surface area contributed by atoms with Crippen molar-refractivity contribution in [2.75, 3.05) is 11.9 Å². The minimum Gasteiger partial charge on any atom is -0.478 e. The van der Waals surface area contributed by atoms with Crippen LogP contribution in [0.3, 0.4) is 0 Å². The number of anilines is 1. The normalized spacial score (nSPS) is 11.2. The highest BCUT2D eigenvalue weighted by Crippen LogP contribution is 2.14. The third-order valence-electron chi connectivity index (χ3n) is 3.58. The van der Waals surface area contributed by atoms with E-state index in [4.69, 9.17) is 4.74 Å². The first-order valence-corrected chi connectivity index (χ1v) is 8.35. The van der Waals surface area contributed by atoms with Gasteiger partial charge in [-0.3, -0.25) is 0 Å². The molecule has 0 aliphatic carbocycles. The largest absolute Gasteiger partial charge is 0.478 e. The lowest BCUT2D eigenvalue weighted by Gasteiger charge is -2.11. The molecule has 0 saturated carbocycles. The van der Waals surface area contributed by atoms with Gasteiger partial charge in [0.2, 0.25) is 5.88 Å². The molecule has 3 rings (SSSR count). The number of aryl methyl sites for hydroxylation is 1. The molecule has 6 nitrogen and oxygen atoms in total. The number of nitrogens with zero attached hydrogens (tertiary/aromatic N) is 3. The number of carbonyl (C=O) groups excluding carboxylic acids is 1. The second-order valence-electron chi connectivity index (χ2n) is 5.64. The van der Waals surface area contributed by atoms with Crippen LogP contribution in [0.2, 0.25) is 0 Å². The van der Waals surface area contributed by atoms with Gasteiger partial charge >= 0.3 is 6.03 Å². The zero-order chi connectivity index (χ0) is 18.4. The van der Waals surface area contributed by atoms with E-state index in [0.29, 0.717) is 23.5 Å². The Morgan fingerprint density at radius 2 is 1.96 bits per heavy atom. The number of carbonyl (C=O) groups is 1. The second-order valence-corrected chi connectivity index (χ2v) is 5.64. The Balaban J connectivity index is 1.89. The smallest absolute Gasteiger partial charge is 0.345 e. The van der Waals surface area contributed by atoms with E-state index in [9.17, 15) is 4.79 Å². The Hall–Kier alpha value is -3.41. The van der Waals surface area contributed by atoms with Crippen LogP contribution in [0, 0.1) is 6.92 Å². The average Bonchev–Trinajstić information content (AvgIpc) is 2.63. The number of hydrogen-bond acceptors (Lipinski definition) is 3. The fourth-order valence-corrected chi connectivity index (χ4v) is 2.47. The van der Waals surface area contributed by atoms with Crippen molar-refractivity contribution < 1.29 is 9.53 Å². The lowest BCUT2D eigenvalue weighted by atomic mass is 10.2. The van der Waals surface area contributed by atoms with Gasteiger partial charge in [-0.1, -0.05) is 30.3 Å². The number of para-hydroxylation sites is 1. The number of ether oxygens (including phenoxy) is 1. The van der Waals surface area contributed by atoms with Crippen LogP contribution in [-0.4, -0.2) is 22.4 Å². The summed E-state index contributed by atoms with van der Waals surface area (Å²) in [5.74, 6) is 0.517. The summed E-state index contributed by atoms with van der Waals surface area (Å²) in [5.41, 5.74) is 2.63. The van der Waals surface area contributed by atoms with Gasteiger partial charge in [0.05, 0.1) is 23.8 Å². The SMILES string of the molecule is CCOc1cc(=NC(=O)Nc2cccc(C)c2)cnn1-c1ccccc1. The molecule has 0 spiro atoms.